The summed E-state index contributed by atoms with van der Waals surface area (Å²) >= 11 is 1.74. The lowest BCUT2D eigenvalue weighted by molar-refractivity contribution is 0.963. The molecule has 1 N–H and O–H groups in total. The van der Waals surface area contributed by atoms with Crippen molar-refractivity contribution in [3.63, 3.8) is 0 Å². The Morgan fingerprint density at radius 3 is 2.86 bits per heavy atom. The number of benzene rings is 1. The van der Waals surface area contributed by atoms with Crippen molar-refractivity contribution >= 4 is 22.6 Å². The van der Waals surface area contributed by atoms with Crippen molar-refractivity contribution in [2.45, 2.75) is 6.04 Å². The van der Waals surface area contributed by atoms with Crippen LogP contribution in [0.1, 0.15) is 0 Å². The summed E-state index contributed by atoms with van der Waals surface area (Å²) < 4.78 is 0. The van der Waals surface area contributed by atoms with Gasteiger partial charge in [0.15, 0.2) is 5.17 Å². The zero-order chi connectivity index (χ0) is 9.80. The van der Waals surface area contributed by atoms with E-state index >= 15 is 0 Å². The van der Waals surface area contributed by atoms with E-state index in [4.69, 9.17) is 0 Å². The molecule has 0 saturated carbocycles. The lowest BCUT2D eigenvalue weighted by Crippen LogP contribution is -2.04. The van der Waals surface area contributed by atoms with Gasteiger partial charge in [-0.25, -0.2) is 0 Å². The van der Waals surface area contributed by atoms with Gasteiger partial charge in [0.2, 0.25) is 0 Å². The molecular formula is C11H12N2S. The molecule has 0 aromatic heterocycles. The van der Waals surface area contributed by atoms with Crippen LogP contribution in [0.4, 0.5) is 5.69 Å². The molecule has 1 aliphatic heterocycles. The number of nitrogens with one attached hydrogen (secondary N) is 1. The van der Waals surface area contributed by atoms with Gasteiger partial charge in [0.05, 0.1) is 6.04 Å². The first-order chi connectivity index (χ1) is 6.88. The minimum atomic E-state index is 0.270. The van der Waals surface area contributed by atoms with E-state index in [-0.39, 0.29) is 6.04 Å². The summed E-state index contributed by atoms with van der Waals surface area (Å²) in [6, 6.07) is 10.3. The summed E-state index contributed by atoms with van der Waals surface area (Å²) in [4.78, 5) is 4.45. The van der Waals surface area contributed by atoms with E-state index in [1.807, 2.05) is 36.4 Å². The number of amidine groups is 1. The van der Waals surface area contributed by atoms with Crippen LogP contribution < -0.4 is 5.32 Å². The molecule has 0 bridgehead atoms. The largest absolute Gasteiger partial charge is 0.335 e. The number of anilines is 1. The fraction of sp³-hybridized carbons (Fsp3) is 0.182. The molecule has 1 heterocycles. The number of hydrogen-bond donors (Lipinski definition) is 1. The van der Waals surface area contributed by atoms with Crippen molar-refractivity contribution in [3.05, 3.63) is 43.0 Å². The van der Waals surface area contributed by atoms with Crippen LogP contribution >= 0.6 is 11.8 Å². The smallest absolute Gasteiger partial charge is 0.161 e. The monoisotopic (exact) mass is 204 g/mol. The van der Waals surface area contributed by atoms with E-state index in [2.05, 4.69) is 16.9 Å². The fourth-order valence-electron chi connectivity index (χ4n) is 1.22. The molecule has 1 atom stereocenters. The summed E-state index contributed by atoms with van der Waals surface area (Å²) in [5.74, 6) is 0.999. The average Bonchev–Trinajstić information content (AvgIpc) is 2.67. The van der Waals surface area contributed by atoms with Gasteiger partial charge in [-0.15, -0.1) is 6.58 Å². The number of hydrogen-bond acceptors (Lipinski definition) is 3. The minimum Gasteiger partial charge on any atom is -0.335 e. The van der Waals surface area contributed by atoms with Crippen molar-refractivity contribution < 1.29 is 0 Å². The maximum absolute atomic E-state index is 4.45. The third-order valence-electron chi connectivity index (χ3n) is 1.97. The Kier molecular flexibility index (Phi) is 2.89. The number of rotatable bonds is 2. The number of nitrogens with zero attached hydrogens (tertiary/aromatic N) is 1. The van der Waals surface area contributed by atoms with Crippen molar-refractivity contribution in [2.75, 3.05) is 11.1 Å². The highest BCUT2D eigenvalue weighted by Gasteiger charge is 2.14. The molecule has 0 spiro atoms. The van der Waals surface area contributed by atoms with E-state index in [1.165, 1.54) is 0 Å². The van der Waals surface area contributed by atoms with Crippen LogP contribution in [-0.2, 0) is 0 Å². The van der Waals surface area contributed by atoms with E-state index in [1.54, 1.807) is 11.8 Å². The summed E-state index contributed by atoms with van der Waals surface area (Å²) in [5.41, 5.74) is 1.09. The van der Waals surface area contributed by atoms with Gasteiger partial charge in [-0.3, -0.25) is 4.99 Å². The lowest BCUT2D eigenvalue weighted by Gasteiger charge is -2.03. The molecule has 1 aliphatic rings. The normalized spacial score (nSPS) is 20.3. The van der Waals surface area contributed by atoms with Gasteiger partial charge >= 0.3 is 0 Å². The third-order valence-corrected chi connectivity index (χ3v) is 2.96. The Labute approximate surface area is 88.1 Å². The molecule has 1 unspecified atom stereocenters. The summed E-state index contributed by atoms with van der Waals surface area (Å²) in [6.07, 6.45) is 1.88. The molecule has 3 heteroatoms. The molecule has 2 nitrogen and oxygen atoms in total. The molecule has 14 heavy (non-hydrogen) atoms. The summed E-state index contributed by atoms with van der Waals surface area (Å²) in [7, 11) is 0. The molecule has 72 valence electrons. The van der Waals surface area contributed by atoms with Gasteiger partial charge in [-0.1, -0.05) is 36.0 Å². The minimum absolute atomic E-state index is 0.270. The maximum Gasteiger partial charge on any atom is 0.161 e. The maximum atomic E-state index is 4.45. The van der Waals surface area contributed by atoms with Crippen LogP contribution in [0.15, 0.2) is 48.0 Å². The molecule has 1 aromatic carbocycles. The molecule has 0 aliphatic carbocycles. The van der Waals surface area contributed by atoms with Crippen molar-refractivity contribution in [1.29, 1.82) is 0 Å². The second-order valence-corrected chi connectivity index (χ2v) is 4.05. The van der Waals surface area contributed by atoms with Crippen molar-refractivity contribution in [1.82, 2.24) is 0 Å². The van der Waals surface area contributed by atoms with Crippen molar-refractivity contribution in [3.8, 4) is 0 Å². The van der Waals surface area contributed by atoms with Crippen LogP contribution in [0, 0.1) is 0 Å². The Balaban J connectivity index is 2.03. The zero-order valence-electron chi connectivity index (χ0n) is 7.81. The second kappa shape index (κ2) is 4.33. The van der Waals surface area contributed by atoms with E-state index in [0.717, 1.165) is 16.6 Å². The topological polar surface area (TPSA) is 24.4 Å². The van der Waals surface area contributed by atoms with Crippen LogP contribution in [0.5, 0.6) is 0 Å². The predicted molar refractivity (Wildman–Crippen MR) is 63.9 cm³/mol. The zero-order valence-corrected chi connectivity index (χ0v) is 8.63. The van der Waals surface area contributed by atoms with Crippen LogP contribution in [0.25, 0.3) is 0 Å². The Hall–Kier alpha value is -1.22. The van der Waals surface area contributed by atoms with E-state index < -0.39 is 0 Å². The summed E-state index contributed by atoms with van der Waals surface area (Å²) in [6.45, 7) is 3.74. The standard InChI is InChI=1S/C11H12N2S/c1-2-9-8-14-11(12-9)13-10-6-4-3-5-7-10/h2-7,9H,1,8H2,(H,12,13). The molecule has 0 radical (unpaired) electrons. The highest BCUT2D eigenvalue weighted by atomic mass is 32.2. The van der Waals surface area contributed by atoms with Gasteiger partial charge in [-0.05, 0) is 12.1 Å². The predicted octanol–water partition coefficient (Wildman–Crippen LogP) is 2.76. The second-order valence-electron chi connectivity index (χ2n) is 3.04. The van der Waals surface area contributed by atoms with Gasteiger partial charge in [0, 0.05) is 11.4 Å². The quantitative estimate of drug-likeness (QED) is 0.749. The Bertz CT molecular complexity index is 346. The third kappa shape index (κ3) is 2.17. The molecular weight excluding hydrogens is 192 g/mol. The highest BCUT2D eigenvalue weighted by molar-refractivity contribution is 8.14. The summed E-state index contributed by atoms with van der Waals surface area (Å²) in [5, 5.41) is 4.26. The molecule has 0 amide bonds. The SMILES string of the molecule is C=CC1CSC(Nc2ccccc2)=N1. The van der Waals surface area contributed by atoms with Gasteiger partial charge < -0.3 is 5.32 Å². The number of thioether (sulfide) groups is 1. The molecule has 0 fully saturated rings. The lowest BCUT2D eigenvalue weighted by atomic mass is 10.3. The van der Waals surface area contributed by atoms with Crippen molar-refractivity contribution in [2.24, 2.45) is 4.99 Å². The van der Waals surface area contributed by atoms with Crippen LogP contribution in [0.2, 0.25) is 0 Å². The molecule has 0 saturated heterocycles. The van der Waals surface area contributed by atoms with Crippen LogP contribution in [-0.4, -0.2) is 17.0 Å². The molecule has 1 aromatic rings. The number of para-hydroxylation sites is 1. The Morgan fingerprint density at radius 2 is 2.21 bits per heavy atom. The Morgan fingerprint density at radius 1 is 1.43 bits per heavy atom. The first-order valence-corrected chi connectivity index (χ1v) is 5.52. The first kappa shape index (κ1) is 9.34. The fourth-order valence-corrected chi connectivity index (χ4v) is 2.16. The van der Waals surface area contributed by atoms with Gasteiger partial charge in [0.25, 0.3) is 0 Å². The van der Waals surface area contributed by atoms with E-state index in [0.29, 0.717) is 0 Å². The average molecular weight is 204 g/mol. The van der Waals surface area contributed by atoms with Gasteiger partial charge in [-0.2, -0.15) is 0 Å². The molecule has 2 rings (SSSR count). The van der Waals surface area contributed by atoms with Gasteiger partial charge in [0.1, 0.15) is 0 Å². The first-order valence-electron chi connectivity index (χ1n) is 4.54. The van der Waals surface area contributed by atoms with Crippen LogP contribution in [0.3, 0.4) is 0 Å². The number of aliphatic imine (C=N–C) groups is 1. The van der Waals surface area contributed by atoms with E-state index in [9.17, 15) is 0 Å². The highest BCUT2D eigenvalue weighted by Crippen LogP contribution is 2.20.